The van der Waals surface area contributed by atoms with Crippen molar-refractivity contribution >= 4 is 17.3 Å². The highest BCUT2D eigenvalue weighted by Crippen LogP contribution is 2.19. The molecule has 1 aromatic rings. The summed E-state index contributed by atoms with van der Waals surface area (Å²) in [6.45, 7) is 3.36. The lowest BCUT2D eigenvalue weighted by Gasteiger charge is -2.05. The highest BCUT2D eigenvalue weighted by Gasteiger charge is 2.00. The van der Waals surface area contributed by atoms with Crippen LogP contribution in [0.1, 0.15) is 18.9 Å². The summed E-state index contributed by atoms with van der Waals surface area (Å²) < 4.78 is 5.36. The highest BCUT2D eigenvalue weighted by molar-refractivity contribution is 6.31. The normalized spacial score (nSPS) is 10.3. The van der Waals surface area contributed by atoms with Crippen molar-refractivity contribution in [1.82, 2.24) is 0 Å². The van der Waals surface area contributed by atoms with Gasteiger partial charge in [-0.3, -0.25) is 0 Å². The van der Waals surface area contributed by atoms with Gasteiger partial charge in [0.2, 0.25) is 0 Å². The molecule has 2 nitrogen and oxygen atoms in total. The Morgan fingerprint density at radius 3 is 2.92 bits per heavy atom. The molecule has 0 aromatic heterocycles. The molecule has 0 aliphatic carbocycles. The van der Waals surface area contributed by atoms with Crippen LogP contribution in [0.15, 0.2) is 18.2 Å². The summed E-state index contributed by atoms with van der Waals surface area (Å²) in [5, 5.41) is 0.713. The van der Waals surface area contributed by atoms with Crippen LogP contribution in [0, 0.1) is 0 Å². The molecule has 0 amide bonds. The Hall–Kier alpha value is -0.730. The lowest BCUT2D eigenvalue weighted by Crippen LogP contribution is -1.96. The molecule has 0 saturated heterocycles. The summed E-state index contributed by atoms with van der Waals surface area (Å²) in [6, 6.07) is 5.42. The van der Waals surface area contributed by atoms with Gasteiger partial charge in [0.25, 0.3) is 0 Å². The van der Waals surface area contributed by atoms with Crippen molar-refractivity contribution in [3.8, 4) is 0 Å². The molecule has 0 aliphatic heterocycles. The highest BCUT2D eigenvalue weighted by atomic mass is 35.5. The number of hydrogen-bond acceptors (Lipinski definition) is 2. The summed E-state index contributed by atoms with van der Waals surface area (Å²) in [7, 11) is 0. The van der Waals surface area contributed by atoms with Crippen LogP contribution in [-0.4, -0.2) is 6.61 Å². The van der Waals surface area contributed by atoms with Gasteiger partial charge in [0, 0.05) is 17.3 Å². The van der Waals surface area contributed by atoms with Gasteiger partial charge in [0.1, 0.15) is 0 Å². The maximum atomic E-state index is 5.94. The van der Waals surface area contributed by atoms with E-state index in [4.69, 9.17) is 22.1 Å². The first kappa shape index (κ1) is 10.4. The van der Waals surface area contributed by atoms with E-state index in [9.17, 15) is 0 Å². The molecule has 3 heteroatoms. The van der Waals surface area contributed by atoms with Crippen LogP contribution in [0.4, 0.5) is 5.69 Å². The van der Waals surface area contributed by atoms with Crippen molar-refractivity contribution in [2.45, 2.75) is 20.0 Å². The third-order valence-electron chi connectivity index (χ3n) is 1.68. The van der Waals surface area contributed by atoms with Crippen LogP contribution in [0.5, 0.6) is 0 Å². The molecule has 0 fully saturated rings. The maximum Gasteiger partial charge on any atom is 0.0732 e. The van der Waals surface area contributed by atoms with E-state index in [2.05, 4.69) is 6.92 Å². The standard InChI is InChI=1S/C10H14ClNO/c1-2-5-13-7-8-6-9(12)3-4-10(8)11/h3-4,6H,2,5,7,12H2,1H3. The van der Waals surface area contributed by atoms with E-state index in [-0.39, 0.29) is 0 Å². The predicted octanol–water partition coefficient (Wildman–Crippen LogP) is 2.85. The Balaban J connectivity index is 2.59. The van der Waals surface area contributed by atoms with Crippen molar-refractivity contribution in [1.29, 1.82) is 0 Å². The van der Waals surface area contributed by atoms with E-state index in [1.807, 2.05) is 6.07 Å². The lowest BCUT2D eigenvalue weighted by atomic mass is 10.2. The van der Waals surface area contributed by atoms with Gasteiger partial charge in [0.15, 0.2) is 0 Å². The molecule has 0 bridgehead atoms. The van der Waals surface area contributed by atoms with E-state index in [0.717, 1.165) is 24.3 Å². The summed E-state index contributed by atoms with van der Waals surface area (Å²) in [4.78, 5) is 0. The molecule has 0 heterocycles. The van der Waals surface area contributed by atoms with E-state index in [1.165, 1.54) is 0 Å². The first-order chi connectivity index (χ1) is 6.24. The Morgan fingerprint density at radius 1 is 1.46 bits per heavy atom. The fraction of sp³-hybridized carbons (Fsp3) is 0.400. The zero-order chi connectivity index (χ0) is 9.68. The van der Waals surface area contributed by atoms with Crippen molar-refractivity contribution in [3.63, 3.8) is 0 Å². The second-order valence-corrected chi connectivity index (χ2v) is 3.31. The molecular formula is C10H14ClNO. The van der Waals surface area contributed by atoms with E-state index in [0.29, 0.717) is 11.6 Å². The largest absolute Gasteiger partial charge is 0.399 e. The van der Waals surface area contributed by atoms with Gasteiger partial charge in [-0.15, -0.1) is 0 Å². The maximum absolute atomic E-state index is 5.94. The number of anilines is 1. The zero-order valence-corrected chi connectivity index (χ0v) is 8.47. The van der Waals surface area contributed by atoms with Gasteiger partial charge in [-0.25, -0.2) is 0 Å². The molecule has 2 N–H and O–H groups in total. The molecule has 0 aliphatic rings. The summed E-state index contributed by atoms with van der Waals surface area (Å²) in [6.07, 6.45) is 1.01. The second-order valence-electron chi connectivity index (χ2n) is 2.90. The van der Waals surface area contributed by atoms with Crippen molar-refractivity contribution in [2.24, 2.45) is 0 Å². The number of rotatable bonds is 4. The van der Waals surface area contributed by atoms with Gasteiger partial charge in [-0.2, -0.15) is 0 Å². The molecule has 1 rings (SSSR count). The van der Waals surface area contributed by atoms with Crippen LogP contribution < -0.4 is 5.73 Å². The average Bonchev–Trinajstić information content (AvgIpc) is 2.11. The molecule has 0 spiro atoms. The number of ether oxygens (including phenoxy) is 1. The van der Waals surface area contributed by atoms with Gasteiger partial charge < -0.3 is 10.5 Å². The van der Waals surface area contributed by atoms with E-state index >= 15 is 0 Å². The fourth-order valence-corrected chi connectivity index (χ4v) is 1.20. The van der Waals surface area contributed by atoms with Crippen LogP contribution in [0.25, 0.3) is 0 Å². The molecular weight excluding hydrogens is 186 g/mol. The molecule has 0 atom stereocenters. The molecule has 0 unspecified atom stereocenters. The Labute approximate surface area is 83.6 Å². The van der Waals surface area contributed by atoms with Gasteiger partial charge in [-0.05, 0) is 30.2 Å². The predicted molar refractivity (Wildman–Crippen MR) is 55.8 cm³/mol. The third-order valence-corrected chi connectivity index (χ3v) is 2.04. The minimum atomic E-state index is 0.539. The van der Waals surface area contributed by atoms with Crippen molar-refractivity contribution < 1.29 is 4.74 Å². The van der Waals surface area contributed by atoms with Crippen LogP contribution in [0.2, 0.25) is 5.02 Å². The molecule has 1 aromatic carbocycles. The topological polar surface area (TPSA) is 35.2 Å². The Kier molecular flexibility index (Phi) is 4.06. The second kappa shape index (κ2) is 5.10. The van der Waals surface area contributed by atoms with Crippen molar-refractivity contribution in [2.75, 3.05) is 12.3 Å². The number of nitrogens with two attached hydrogens (primary N) is 1. The van der Waals surface area contributed by atoms with E-state index in [1.54, 1.807) is 12.1 Å². The van der Waals surface area contributed by atoms with Crippen LogP contribution in [0.3, 0.4) is 0 Å². The average molecular weight is 200 g/mol. The SMILES string of the molecule is CCCOCc1cc(N)ccc1Cl. The fourth-order valence-electron chi connectivity index (χ4n) is 1.03. The van der Waals surface area contributed by atoms with Gasteiger partial charge >= 0.3 is 0 Å². The first-order valence-electron chi connectivity index (χ1n) is 4.35. The minimum absolute atomic E-state index is 0.539. The first-order valence-corrected chi connectivity index (χ1v) is 4.73. The summed E-state index contributed by atoms with van der Waals surface area (Å²) in [5.41, 5.74) is 7.29. The molecule has 0 radical (unpaired) electrons. The van der Waals surface area contributed by atoms with Crippen molar-refractivity contribution in [3.05, 3.63) is 28.8 Å². The van der Waals surface area contributed by atoms with Gasteiger partial charge in [0.05, 0.1) is 6.61 Å². The smallest absolute Gasteiger partial charge is 0.0732 e. The number of hydrogen-bond donors (Lipinski definition) is 1. The van der Waals surface area contributed by atoms with Crippen LogP contribution >= 0.6 is 11.6 Å². The third kappa shape index (κ3) is 3.25. The zero-order valence-electron chi connectivity index (χ0n) is 7.72. The number of nitrogen functional groups attached to an aromatic ring is 1. The lowest BCUT2D eigenvalue weighted by molar-refractivity contribution is 0.121. The monoisotopic (exact) mass is 199 g/mol. The number of benzene rings is 1. The molecule has 13 heavy (non-hydrogen) atoms. The summed E-state index contributed by atoms with van der Waals surface area (Å²) >= 11 is 5.94. The Morgan fingerprint density at radius 2 is 2.23 bits per heavy atom. The Bertz CT molecular complexity index is 276. The number of halogens is 1. The minimum Gasteiger partial charge on any atom is -0.399 e. The summed E-state index contributed by atoms with van der Waals surface area (Å²) in [5.74, 6) is 0. The van der Waals surface area contributed by atoms with Crippen LogP contribution in [-0.2, 0) is 11.3 Å². The molecule has 0 saturated carbocycles. The van der Waals surface area contributed by atoms with Gasteiger partial charge in [-0.1, -0.05) is 18.5 Å². The van der Waals surface area contributed by atoms with E-state index < -0.39 is 0 Å². The quantitative estimate of drug-likeness (QED) is 0.598. The molecule has 72 valence electrons.